The molecule has 1 saturated carbocycles. The van der Waals surface area contributed by atoms with Crippen LogP contribution in [0.3, 0.4) is 0 Å². The van der Waals surface area contributed by atoms with E-state index in [1.165, 1.54) is 128 Å². The molecule has 0 heterocycles. The minimum absolute atomic E-state index is 0.0943. The van der Waals surface area contributed by atoms with Gasteiger partial charge in [0.2, 0.25) is 5.91 Å². The van der Waals surface area contributed by atoms with Crippen LogP contribution in [0.4, 0.5) is 0 Å². The number of amides is 2. The van der Waals surface area contributed by atoms with Crippen LogP contribution in [0.2, 0.25) is 0 Å². The van der Waals surface area contributed by atoms with Crippen molar-refractivity contribution in [3.05, 3.63) is 12.2 Å². The van der Waals surface area contributed by atoms with Gasteiger partial charge in [-0.25, -0.2) is 4.79 Å². The van der Waals surface area contributed by atoms with E-state index in [9.17, 15) is 14.4 Å². The largest absolute Gasteiger partial charge is 0.455 e. The van der Waals surface area contributed by atoms with Gasteiger partial charge in [0.15, 0.2) is 0 Å². The first-order valence-electron chi connectivity index (χ1n) is 23.4. The fourth-order valence-electron chi connectivity index (χ4n) is 7.80. The third kappa shape index (κ3) is 23.9. The zero-order valence-electron chi connectivity index (χ0n) is 36.5. The molecule has 1 fully saturated rings. The number of hydrogen-bond donors (Lipinski definition) is 1. The Labute approximate surface area is 334 Å². The molecular formula is C47H89N3O4. The summed E-state index contributed by atoms with van der Waals surface area (Å²) in [5.41, 5.74) is -0.945. The molecule has 0 aromatic rings. The van der Waals surface area contributed by atoms with E-state index >= 15 is 0 Å². The van der Waals surface area contributed by atoms with Gasteiger partial charge in [-0.2, -0.15) is 0 Å². The molecule has 0 radical (unpaired) electrons. The second-order valence-corrected chi connectivity index (χ2v) is 16.8. The van der Waals surface area contributed by atoms with E-state index in [1.54, 1.807) is 4.90 Å². The molecule has 1 N–H and O–H groups in total. The summed E-state index contributed by atoms with van der Waals surface area (Å²) in [6.07, 6.45) is 40.7. The van der Waals surface area contributed by atoms with Crippen LogP contribution >= 0.6 is 0 Å². The molecule has 316 valence electrons. The first-order chi connectivity index (χ1) is 26.3. The highest BCUT2D eigenvalue weighted by Gasteiger charge is 2.52. The average molecular weight is 760 g/mol. The number of rotatable bonds is 37. The summed E-state index contributed by atoms with van der Waals surface area (Å²) in [6.45, 7) is 8.51. The number of ether oxygens (including phenoxy) is 1. The molecule has 2 amide bonds. The monoisotopic (exact) mass is 760 g/mol. The fourth-order valence-corrected chi connectivity index (χ4v) is 7.80. The van der Waals surface area contributed by atoms with Gasteiger partial charge in [0, 0.05) is 13.1 Å². The zero-order chi connectivity index (χ0) is 39.5. The first-order valence-corrected chi connectivity index (χ1v) is 23.4. The third-order valence-electron chi connectivity index (χ3n) is 11.5. The summed E-state index contributed by atoms with van der Waals surface area (Å²) in [5, 5.41) is 3.18. The van der Waals surface area contributed by atoms with Crippen LogP contribution in [-0.2, 0) is 19.1 Å². The standard InChI is InChI=1S/C47H89N3O4/c1-6-9-12-15-18-19-20-21-22-23-24-25-26-27-30-33-40-48-46(53)47(38-34-39-47)50(42-35-41-49(4)5)44(51)45(52)54-43(36-31-28-16-13-10-7-2)37-32-29-17-14-11-8-3/h21-22,43H,6-20,23-42H2,1-5H3,(H,48,53)/b22-21-. The summed E-state index contributed by atoms with van der Waals surface area (Å²) in [7, 11) is 4.02. The van der Waals surface area contributed by atoms with Crippen molar-refractivity contribution in [2.45, 2.75) is 238 Å². The van der Waals surface area contributed by atoms with Crippen LogP contribution in [0.15, 0.2) is 12.2 Å². The second-order valence-electron chi connectivity index (χ2n) is 16.8. The highest BCUT2D eigenvalue weighted by molar-refractivity contribution is 6.33. The van der Waals surface area contributed by atoms with Gasteiger partial charge in [0.25, 0.3) is 0 Å². The van der Waals surface area contributed by atoms with Crippen molar-refractivity contribution < 1.29 is 19.1 Å². The summed E-state index contributed by atoms with van der Waals surface area (Å²) < 4.78 is 6.04. The van der Waals surface area contributed by atoms with Crippen molar-refractivity contribution in [3.63, 3.8) is 0 Å². The third-order valence-corrected chi connectivity index (χ3v) is 11.5. The smallest absolute Gasteiger partial charge is 0.397 e. The number of carbonyl (C=O) groups is 3. The van der Waals surface area contributed by atoms with Gasteiger partial charge < -0.3 is 19.9 Å². The molecule has 7 heteroatoms. The fraction of sp³-hybridized carbons (Fsp3) is 0.894. The molecular weight excluding hydrogens is 671 g/mol. The van der Waals surface area contributed by atoms with Crippen molar-refractivity contribution in [1.82, 2.24) is 15.1 Å². The van der Waals surface area contributed by atoms with E-state index < -0.39 is 17.4 Å². The van der Waals surface area contributed by atoms with Crippen LogP contribution in [0.1, 0.15) is 226 Å². The Bertz CT molecular complexity index is 931. The molecule has 1 aliphatic carbocycles. The highest BCUT2D eigenvalue weighted by atomic mass is 16.5. The molecule has 0 unspecified atom stereocenters. The summed E-state index contributed by atoms with van der Waals surface area (Å²) >= 11 is 0. The molecule has 0 aromatic carbocycles. The molecule has 0 atom stereocenters. The SMILES string of the molecule is CCCCCCCC/C=C\CCCCCCCCNC(=O)C1(N(CCCN(C)C)C(=O)C(=O)OC(CCCCCCCC)CCCCCCCC)CCC1. The van der Waals surface area contributed by atoms with Gasteiger partial charge in [0.1, 0.15) is 11.6 Å². The molecule has 0 saturated heterocycles. The van der Waals surface area contributed by atoms with E-state index in [0.717, 1.165) is 64.3 Å². The maximum atomic E-state index is 14.0. The topological polar surface area (TPSA) is 79.0 Å². The molecule has 0 spiro atoms. The number of hydrogen-bond acceptors (Lipinski definition) is 5. The van der Waals surface area contributed by atoms with Crippen molar-refractivity contribution in [2.24, 2.45) is 0 Å². The van der Waals surface area contributed by atoms with Crippen molar-refractivity contribution in [2.75, 3.05) is 33.7 Å². The van der Waals surface area contributed by atoms with Crippen LogP contribution in [0.25, 0.3) is 0 Å². The van der Waals surface area contributed by atoms with Crippen molar-refractivity contribution in [1.29, 1.82) is 0 Å². The number of nitrogens with one attached hydrogen (secondary N) is 1. The summed E-state index contributed by atoms with van der Waals surface area (Å²) in [4.78, 5) is 45.1. The van der Waals surface area contributed by atoms with Crippen LogP contribution in [0.5, 0.6) is 0 Å². The van der Waals surface area contributed by atoms with Gasteiger partial charge in [-0.15, -0.1) is 0 Å². The minimum Gasteiger partial charge on any atom is -0.455 e. The molecule has 0 aliphatic heterocycles. The highest BCUT2D eigenvalue weighted by Crippen LogP contribution is 2.39. The second kappa shape index (κ2) is 34.4. The lowest BCUT2D eigenvalue weighted by atomic mass is 9.74. The average Bonchev–Trinajstić information content (AvgIpc) is 3.13. The number of unbranched alkanes of at least 4 members (excludes halogenated alkanes) is 22. The van der Waals surface area contributed by atoms with E-state index in [0.29, 0.717) is 32.4 Å². The normalized spacial score (nSPS) is 13.8. The number of nitrogens with zero attached hydrogens (tertiary/aromatic N) is 2. The van der Waals surface area contributed by atoms with Crippen molar-refractivity contribution in [3.8, 4) is 0 Å². The first kappa shape index (κ1) is 50.1. The zero-order valence-corrected chi connectivity index (χ0v) is 36.5. The van der Waals surface area contributed by atoms with E-state index in [4.69, 9.17) is 4.74 Å². The lowest BCUT2D eigenvalue weighted by molar-refractivity contribution is -0.172. The van der Waals surface area contributed by atoms with E-state index in [-0.39, 0.29) is 12.0 Å². The quantitative estimate of drug-likeness (QED) is 0.0295. The Hall–Kier alpha value is -1.89. The number of allylic oxidation sites excluding steroid dienone is 2. The van der Waals surface area contributed by atoms with Gasteiger partial charge in [-0.1, -0.05) is 155 Å². The van der Waals surface area contributed by atoms with Gasteiger partial charge in [-0.3, -0.25) is 9.59 Å². The molecule has 0 bridgehead atoms. The summed E-state index contributed by atoms with van der Waals surface area (Å²) in [6, 6.07) is 0. The van der Waals surface area contributed by atoms with Gasteiger partial charge in [-0.05, 0) is 104 Å². The van der Waals surface area contributed by atoms with Crippen LogP contribution < -0.4 is 5.32 Å². The van der Waals surface area contributed by atoms with E-state index in [1.807, 2.05) is 14.1 Å². The van der Waals surface area contributed by atoms with Gasteiger partial charge in [0.05, 0.1) is 0 Å². The molecule has 54 heavy (non-hydrogen) atoms. The van der Waals surface area contributed by atoms with Crippen molar-refractivity contribution >= 4 is 17.8 Å². The van der Waals surface area contributed by atoms with Crippen LogP contribution in [-0.4, -0.2) is 73.0 Å². The minimum atomic E-state index is -0.945. The summed E-state index contributed by atoms with van der Waals surface area (Å²) in [5.74, 6) is -1.49. The molecule has 1 aliphatic rings. The molecule has 1 rings (SSSR count). The maximum absolute atomic E-state index is 14.0. The Kier molecular flexibility index (Phi) is 31.9. The number of esters is 1. The Morgan fingerprint density at radius 2 is 1.04 bits per heavy atom. The number of carbonyl (C=O) groups excluding carboxylic acids is 3. The van der Waals surface area contributed by atoms with E-state index in [2.05, 4.69) is 43.1 Å². The van der Waals surface area contributed by atoms with Crippen LogP contribution in [0, 0.1) is 0 Å². The molecule has 7 nitrogen and oxygen atoms in total. The predicted molar refractivity (Wildman–Crippen MR) is 230 cm³/mol. The lowest BCUT2D eigenvalue weighted by Crippen LogP contribution is -2.66. The van der Waals surface area contributed by atoms with Gasteiger partial charge >= 0.3 is 11.9 Å². The molecule has 0 aromatic heterocycles. The Morgan fingerprint density at radius 1 is 0.593 bits per heavy atom. The predicted octanol–water partition coefficient (Wildman–Crippen LogP) is 12.3. The lowest BCUT2D eigenvalue weighted by Gasteiger charge is -2.48. The Morgan fingerprint density at radius 3 is 1.48 bits per heavy atom. The Balaban J connectivity index is 2.62. The maximum Gasteiger partial charge on any atom is 0.397 e.